The molecule has 1 amide bonds. The van der Waals surface area contributed by atoms with E-state index in [1.807, 2.05) is 0 Å². The van der Waals surface area contributed by atoms with E-state index in [1.165, 1.54) is 41.2 Å². The molecule has 6 rings (SSSR count). The Morgan fingerprint density at radius 1 is 0.970 bits per heavy atom. The van der Waals surface area contributed by atoms with Gasteiger partial charge in [0.15, 0.2) is 0 Å². The fraction of sp³-hybridized carbons (Fsp3) is 0.621. The molecule has 1 aromatic carbocycles. The van der Waals surface area contributed by atoms with Gasteiger partial charge in [-0.1, -0.05) is 0 Å². The van der Waals surface area contributed by atoms with Crippen LogP contribution in [-0.4, -0.2) is 11.8 Å². The van der Waals surface area contributed by atoms with Gasteiger partial charge in [0.05, 0.1) is 0 Å². The minimum absolute atomic E-state index is 0.104. The number of benzene rings is 1. The van der Waals surface area contributed by atoms with Gasteiger partial charge in [-0.25, -0.2) is 0 Å². The molecular formula is C29H42NOSiZr. The van der Waals surface area contributed by atoms with Crippen molar-refractivity contribution in [1.29, 1.82) is 0 Å². The number of nitrogens with one attached hydrogen (secondary N) is 1. The summed E-state index contributed by atoms with van der Waals surface area (Å²) in [4.78, 5) is 14.4. The van der Waals surface area contributed by atoms with Crippen molar-refractivity contribution in [3.05, 3.63) is 50.3 Å². The van der Waals surface area contributed by atoms with Crippen LogP contribution in [0.4, 0.5) is 0 Å². The molecule has 4 atom stereocenters. The average molecular weight is 540 g/mol. The van der Waals surface area contributed by atoms with Crippen LogP contribution in [0, 0.1) is 28.1 Å². The third kappa shape index (κ3) is 3.96. The van der Waals surface area contributed by atoms with E-state index in [4.69, 9.17) is 0 Å². The van der Waals surface area contributed by atoms with Crippen molar-refractivity contribution in [2.45, 2.75) is 86.6 Å². The summed E-state index contributed by atoms with van der Waals surface area (Å²) in [6, 6.07) is 11.2. The van der Waals surface area contributed by atoms with Crippen LogP contribution < -0.4 is 8.45 Å². The number of amides is 1. The first kappa shape index (κ1) is 24.0. The predicted octanol–water partition coefficient (Wildman–Crippen LogP) is 6.15. The molecule has 0 aromatic heterocycles. The summed E-state index contributed by atoms with van der Waals surface area (Å²) in [7, 11) is 0. The summed E-state index contributed by atoms with van der Waals surface area (Å²) in [6.07, 6.45) is 7.42. The van der Waals surface area contributed by atoms with Crippen LogP contribution in [0.3, 0.4) is 0 Å². The molecule has 2 nitrogen and oxygen atoms in total. The molecule has 1 N–H and O–H groups in total. The van der Waals surface area contributed by atoms with E-state index in [0.29, 0.717) is 22.7 Å². The van der Waals surface area contributed by atoms with Crippen molar-refractivity contribution >= 4 is 17.0 Å². The van der Waals surface area contributed by atoms with Crippen LogP contribution in [0.1, 0.15) is 80.1 Å². The average Bonchev–Trinajstić information content (AvgIpc) is 2.92. The molecule has 4 heteroatoms. The Bertz CT molecular complexity index is 1020. The van der Waals surface area contributed by atoms with E-state index >= 15 is 0 Å². The zero-order valence-corrected chi connectivity index (χ0v) is 25.4. The van der Waals surface area contributed by atoms with Gasteiger partial charge in [-0.15, -0.1) is 0 Å². The quantitative estimate of drug-likeness (QED) is 0.447. The molecule has 177 valence electrons. The van der Waals surface area contributed by atoms with Crippen molar-refractivity contribution in [2.24, 2.45) is 28.1 Å². The van der Waals surface area contributed by atoms with Crippen molar-refractivity contribution in [2.75, 3.05) is 0 Å². The Hall–Kier alpha value is -0.730. The van der Waals surface area contributed by atoms with Gasteiger partial charge >= 0.3 is 211 Å². The molecule has 0 radical (unpaired) electrons. The van der Waals surface area contributed by atoms with Gasteiger partial charge < -0.3 is 0 Å². The van der Waals surface area contributed by atoms with Gasteiger partial charge in [0.25, 0.3) is 0 Å². The standard InChI is InChI=1S/C13H21NO.C9H13.C7H9Si.Zr/c1-11-3-9-4-12(2,6-11)8-13(5-9,7-11)10(14)15;1-6-5-7(2)9(4)8(6)3;1-8-7-5-3-2-4-6-7;/h9H,3-8H2,1-2H3,(H2,14,15);6H,1-4H3;2-6,8H,1H3;/q;;;+1/p-1. The number of carbonyl (C=O) groups excluding carboxylic acids is 1. The van der Waals surface area contributed by atoms with Crippen LogP contribution in [0.2, 0.25) is 6.55 Å². The number of hydrogen-bond acceptors (Lipinski definition) is 1. The van der Waals surface area contributed by atoms with Crippen LogP contribution >= 0.6 is 0 Å². The summed E-state index contributed by atoms with van der Waals surface area (Å²) in [5.74, 6) is 0.457. The molecule has 0 spiro atoms. The van der Waals surface area contributed by atoms with Crippen molar-refractivity contribution in [3.8, 4) is 0 Å². The number of hydrogen-bond donors (Lipinski definition) is 1. The molecule has 4 saturated carbocycles. The van der Waals surface area contributed by atoms with Crippen LogP contribution in [0.5, 0.6) is 0 Å². The maximum absolute atomic E-state index is 14.4. The van der Waals surface area contributed by atoms with Gasteiger partial charge in [0.2, 0.25) is 0 Å². The fourth-order valence-corrected chi connectivity index (χ4v) is 28.1. The maximum atomic E-state index is 14.4. The molecule has 4 fully saturated rings. The van der Waals surface area contributed by atoms with Gasteiger partial charge in [-0.3, -0.25) is 0 Å². The molecule has 0 heterocycles. The predicted molar refractivity (Wildman–Crippen MR) is 137 cm³/mol. The third-order valence-corrected chi connectivity index (χ3v) is 28.4. The van der Waals surface area contributed by atoms with Gasteiger partial charge in [0.1, 0.15) is 0 Å². The SMILES string of the molecule is CC1=C(C)C(C)[C]([Zr]([NH]C(=O)C23CC4CC(C)(CC(C)(C4)C2)C3)[SiH](C)c2ccccc2)=C1C. The Morgan fingerprint density at radius 3 is 2.09 bits per heavy atom. The number of allylic oxidation sites excluding steroid dienone is 4. The Labute approximate surface area is 210 Å². The van der Waals surface area contributed by atoms with Crippen LogP contribution in [-0.2, 0) is 26.0 Å². The first-order valence-electron chi connectivity index (χ1n) is 13.1. The van der Waals surface area contributed by atoms with E-state index in [9.17, 15) is 4.79 Å². The van der Waals surface area contributed by atoms with Gasteiger partial charge in [0, 0.05) is 0 Å². The molecule has 1 aromatic rings. The first-order valence-corrected chi connectivity index (χ1v) is 22.1. The molecule has 5 aliphatic carbocycles. The van der Waals surface area contributed by atoms with Gasteiger partial charge in [-0.2, -0.15) is 0 Å². The van der Waals surface area contributed by atoms with Crippen molar-refractivity contribution < 1.29 is 26.0 Å². The monoisotopic (exact) mass is 538 g/mol. The summed E-state index contributed by atoms with van der Waals surface area (Å²) in [5, 5.41) is 1.53. The summed E-state index contributed by atoms with van der Waals surface area (Å²) >= 11 is -2.42. The molecule has 4 bridgehead atoms. The second-order valence-corrected chi connectivity index (χ2v) is 28.9. The van der Waals surface area contributed by atoms with Gasteiger partial charge in [-0.05, 0) is 0 Å². The second-order valence-electron chi connectivity index (χ2n) is 13.0. The second kappa shape index (κ2) is 8.16. The van der Waals surface area contributed by atoms with E-state index in [0.717, 1.165) is 25.2 Å². The van der Waals surface area contributed by atoms with Crippen LogP contribution in [0.25, 0.3) is 0 Å². The zero-order valence-electron chi connectivity index (χ0n) is 21.8. The third-order valence-electron chi connectivity index (χ3n) is 10.0. The fourth-order valence-electron chi connectivity index (χ4n) is 9.07. The normalized spacial score (nSPS) is 38.2. The summed E-state index contributed by atoms with van der Waals surface area (Å²) < 4.78 is 5.67. The van der Waals surface area contributed by atoms with Crippen LogP contribution in [0.15, 0.2) is 50.3 Å². The Balaban J connectivity index is 1.50. The molecule has 33 heavy (non-hydrogen) atoms. The molecule has 4 unspecified atom stereocenters. The molecule has 5 aliphatic rings. The Kier molecular flexibility index (Phi) is 5.93. The molecular weight excluding hydrogens is 498 g/mol. The Morgan fingerprint density at radius 2 is 1.58 bits per heavy atom. The first-order chi connectivity index (χ1) is 15.5. The zero-order chi connectivity index (χ0) is 23.8. The van der Waals surface area contributed by atoms with E-state index < -0.39 is 27.1 Å². The minimum atomic E-state index is -2.42. The van der Waals surface area contributed by atoms with Crippen molar-refractivity contribution in [3.63, 3.8) is 0 Å². The van der Waals surface area contributed by atoms with Crippen molar-refractivity contribution in [1.82, 2.24) is 3.26 Å². The number of rotatable bonds is 5. The topological polar surface area (TPSA) is 29.1 Å². The summed E-state index contributed by atoms with van der Waals surface area (Å²) in [5.41, 5.74) is 5.17. The van der Waals surface area contributed by atoms with E-state index in [2.05, 4.69) is 81.7 Å². The van der Waals surface area contributed by atoms with E-state index in [-0.39, 0.29) is 5.41 Å². The molecule has 0 saturated heterocycles. The number of carbonyl (C=O) groups is 1. The van der Waals surface area contributed by atoms with E-state index in [1.54, 1.807) is 3.28 Å². The molecule has 0 aliphatic heterocycles. The summed E-state index contributed by atoms with van der Waals surface area (Å²) in [6.45, 7) is 16.9.